The van der Waals surface area contributed by atoms with E-state index in [2.05, 4.69) is 11.2 Å². The highest BCUT2D eigenvalue weighted by atomic mass is 14.7. The molecule has 0 atom stereocenters. The van der Waals surface area contributed by atoms with Crippen LogP contribution in [0.3, 0.4) is 0 Å². The second kappa shape index (κ2) is 0.553. The molecule has 0 aliphatic carbocycles. The molecule has 1 nitrogen and oxygen atoms in total. The van der Waals surface area contributed by atoms with E-state index < -0.39 is 0 Å². The minimum Gasteiger partial charge on any atom is -0.251 e. The highest BCUT2D eigenvalue weighted by Gasteiger charge is 1.92. The maximum atomic E-state index is 2.99. The van der Waals surface area contributed by atoms with Gasteiger partial charge in [0, 0.05) is 0 Å². The van der Waals surface area contributed by atoms with Crippen LogP contribution in [0, 0.1) is 0 Å². The predicted molar refractivity (Wildman–Crippen MR) is 16.5 cm³/mol. The largest absolute Gasteiger partial charge is 0.251 e. The number of rotatable bonds is 0. The number of nitrogens with one attached hydrogen (secondary N) is 1. The van der Waals surface area contributed by atoms with Crippen LogP contribution in [0.1, 0.15) is 6.42 Å². The summed E-state index contributed by atoms with van der Waals surface area (Å²) in [5, 5.41) is 0. The molecule has 0 aromatic rings. The first kappa shape index (κ1) is 1.94. The first-order valence-corrected chi connectivity index (χ1v) is 1.55. The van der Waals surface area contributed by atoms with Crippen LogP contribution in [0.5, 0.6) is 0 Å². The lowest BCUT2D eigenvalue weighted by molar-refractivity contribution is -0.478. The summed E-state index contributed by atoms with van der Waals surface area (Å²) < 4.78 is 0. The SMILES string of the molecule is C1=[NH+]CC1. The summed E-state index contributed by atoms with van der Waals surface area (Å²) in [6.45, 7) is 1.19. The molecule has 0 saturated heterocycles. The molecule has 22 valence electrons. The highest BCUT2D eigenvalue weighted by molar-refractivity contribution is 5.52. The first-order valence-electron chi connectivity index (χ1n) is 1.55. The summed E-state index contributed by atoms with van der Waals surface area (Å²) in [7, 11) is 0. The minimum atomic E-state index is 1.19. The van der Waals surface area contributed by atoms with Crippen LogP contribution in [0.4, 0.5) is 0 Å². The van der Waals surface area contributed by atoms with Gasteiger partial charge in [0.1, 0.15) is 12.8 Å². The van der Waals surface area contributed by atoms with Crippen LogP contribution in [-0.2, 0) is 0 Å². The molecule has 1 aliphatic heterocycles. The van der Waals surface area contributed by atoms with Gasteiger partial charge in [-0.2, -0.15) is 0 Å². The predicted octanol–water partition coefficient (Wildman–Crippen LogP) is -1.46. The lowest BCUT2D eigenvalue weighted by atomic mass is 10.4. The Kier molecular flexibility index (Phi) is 0.268. The topological polar surface area (TPSA) is 14.0 Å². The number of hydrogen-bond acceptors (Lipinski definition) is 0. The fourth-order valence-corrected chi connectivity index (χ4v) is 0.144. The van der Waals surface area contributed by atoms with E-state index >= 15 is 0 Å². The van der Waals surface area contributed by atoms with Gasteiger partial charge in [0.25, 0.3) is 0 Å². The Balaban J connectivity index is 2.47. The maximum Gasteiger partial charge on any atom is 0.149 e. The summed E-state index contributed by atoms with van der Waals surface area (Å²) in [5.74, 6) is 0. The van der Waals surface area contributed by atoms with Crippen molar-refractivity contribution in [2.45, 2.75) is 6.42 Å². The van der Waals surface area contributed by atoms with E-state index in [1.54, 1.807) is 0 Å². The Morgan fingerprint density at radius 2 is 2.00 bits per heavy atom. The Bertz CT molecular complexity index is 32.5. The molecule has 1 N–H and O–H groups in total. The van der Waals surface area contributed by atoms with Crippen LogP contribution in [-0.4, -0.2) is 12.8 Å². The standard InChI is InChI=1S/C3H5N/c1-2-4-3-1/h2H,1,3H2/p+1. The van der Waals surface area contributed by atoms with Crippen molar-refractivity contribution in [1.29, 1.82) is 0 Å². The summed E-state index contributed by atoms with van der Waals surface area (Å²) in [6, 6.07) is 0. The van der Waals surface area contributed by atoms with Gasteiger partial charge >= 0.3 is 0 Å². The van der Waals surface area contributed by atoms with Gasteiger partial charge in [-0.05, 0) is 0 Å². The lowest BCUT2D eigenvalue weighted by Crippen LogP contribution is -2.76. The Morgan fingerprint density at radius 3 is 2.00 bits per heavy atom. The third-order valence-electron chi connectivity index (χ3n) is 0.577. The molecule has 1 heteroatoms. The first-order chi connectivity index (χ1) is 2.00. The number of hydrogen-bond donors (Lipinski definition) is 1. The van der Waals surface area contributed by atoms with Gasteiger partial charge in [-0.1, -0.05) is 0 Å². The molecule has 1 aliphatic rings. The molecule has 0 saturated carbocycles. The molecule has 4 heavy (non-hydrogen) atoms. The van der Waals surface area contributed by atoms with Crippen molar-refractivity contribution in [3.8, 4) is 0 Å². The lowest BCUT2D eigenvalue weighted by Gasteiger charge is -1.83. The fraction of sp³-hybridized carbons (Fsp3) is 0.667. The van der Waals surface area contributed by atoms with E-state index in [1.165, 1.54) is 13.0 Å². The van der Waals surface area contributed by atoms with Crippen LogP contribution in [0.15, 0.2) is 0 Å². The van der Waals surface area contributed by atoms with Gasteiger partial charge in [0.2, 0.25) is 0 Å². The van der Waals surface area contributed by atoms with Crippen molar-refractivity contribution < 1.29 is 4.99 Å². The smallest absolute Gasteiger partial charge is 0.149 e. The van der Waals surface area contributed by atoms with Gasteiger partial charge in [0.05, 0.1) is 6.42 Å². The van der Waals surface area contributed by atoms with E-state index in [0.29, 0.717) is 0 Å². The van der Waals surface area contributed by atoms with Crippen LogP contribution in [0.25, 0.3) is 0 Å². The van der Waals surface area contributed by atoms with Crippen LogP contribution < -0.4 is 4.99 Å². The highest BCUT2D eigenvalue weighted by Crippen LogP contribution is 1.58. The second-order valence-corrected chi connectivity index (χ2v) is 0.947. The zero-order valence-corrected chi connectivity index (χ0v) is 2.49. The summed E-state index contributed by atoms with van der Waals surface area (Å²) in [5.41, 5.74) is 0. The zero-order chi connectivity index (χ0) is 2.83. The molecule has 1 rings (SSSR count). The third-order valence-corrected chi connectivity index (χ3v) is 0.577. The molecule has 1 heterocycles. The van der Waals surface area contributed by atoms with Gasteiger partial charge in [-0.15, -0.1) is 0 Å². The Morgan fingerprint density at radius 1 is 1.75 bits per heavy atom. The molecular formula is C3H6N+. The van der Waals surface area contributed by atoms with Crippen molar-refractivity contribution in [2.75, 3.05) is 6.54 Å². The molecule has 0 aromatic carbocycles. The van der Waals surface area contributed by atoms with Crippen molar-refractivity contribution in [2.24, 2.45) is 0 Å². The van der Waals surface area contributed by atoms with Gasteiger partial charge in [0.15, 0.2) is 0 Å². The molecular weight excluding hydrogens is 50.0 g/mol. The molecule has 0 aromatic heterocycles. The zero-order valence-electron chi connectivity index (χ0n) is 2.49. The molecule has 0 unspecified atom stereocenters. The van der Waals surface area contributed by atoms with Crippen molar-refractivity contribution in [1.82, 2.24) is 0 Å². The summed E-state index contributed by atoms with van der Waals surface area (Å²) in [4.78, 5) is 2.99. The third kappa shape index (κ3) is 0.0557. The Labute approximate surface area is 25.4 Å². The molecule has 0 radical (unpaired) electrons. The van der Waals surface area contributed by atoms with Gasteiger partial charge < -0.3 is 0 Å². The second-order valence-electron chi connectivity index (χ2n) is 0.947. The summed E-state index contributed by atoms with van der Waals surface area (Å²) in [6.07, 6.45) is 3.32. The fourth-order valence-electron chi connectivity index (χ4n) is 0.144. The minimum absolute atomic E-state index is 1.19. The van der Waals surface area contributed by atoms with Gasteiger partial charge in [-0.25, -0.2) is 0 Å². The average molecular weight is 56.1 g/mol. The van der Waals surface area contributed by atoms with Crippen LogP contribution in [0.2, 0.25) is 0 Å². The molecule has 0 amide bonds. The maximum absolute atomic E-state index is 2.99. The molecule has 0 fully saturated rings. The van der Waals surface area contributed by atoms with E-state index in [-0.39, 0.29) is 0 Å². The van der Waals surface area contributed by atoms with Crippen molar-refractivity contribution in [3.63, 3.8) is 0 Å². The van der Waals surface area contributed by atoms with E-state index in [0.717, 1.165) is 0 Å². The van der Waals surface area contributed by atoms with Crippen molar-refractivity contribution in [3.05, 3.63) is 0 Å². The molecule has 0 spiro atoms. The van der Waals surface area contributed by atoms with Gasteiger partial charge in [-0.3, -0.25) is 4.99 Å². The van der Waals surface area contributed by atoms with Crippen molar-refractivity contribution >= 4 is 6.21 Å². The van der Waals surface area contributed by atoms with E-state index in [9.17, 15) is 0 Å². The Hall–Kier alpha value is -0.330. The normalized spacial score (nSPS) is 20.0. The monoisotopic (exact) mass is 56.0 g/mol. The van der Waals surface area contributed by atoms with E-state index in [1.807, 2.05) is 0 Å². The van der Waals surface area contributed by atoms with Crippen LogP contribution >= 0.6 is 0 Å². The summed E-state index contributed by atoms with van der Waals surface area (Å²) >= 11 is 0. The quantitative estimate of drug-likeness (QED) is 0.349. The molecule has 0 bridgehead atoms. The average Bonchev–Trinajstić information content (AvgIpc) is 0.722. The van der Waals surface area contributed by atoms with E-state index in [4.69, 9.17) is 0 Å².